The van der Waals surface area contributed by atoms with Crippen LogP contribution in [0.4, 0.5) is 5.00 Å². The smallest absolute Gasteiger partial charge is 0.117 e. The summed E-state index contributed by atoms with van der Waals surface area (Å²) in [6.45, 7) is 4.15. The summed E-state index contributed by atoms with van der Waals surface area (Å²) >= 11 is 3.20. The molecule has 2 aromatic heterocycles. The number of hydrogen-bond donors (Lipinski definition) is 1. The lowest BCUT2D eigenvalue weighted by Crippen LogP contribution is -2.05. The predicted molar refractivity (Wildman–Crippen MR) is 78.5 cm³/mol. The minimum absolute atomic E-state index is 0.215. The molecular weight excluding hydrogens is 262 g/mol. The lowest BCUT2D eigenvalue weighted by Gasteiger charge is -2.10. The summed E-state index contributed by atoms with van der Waals surface area (Å²) in [5, 5.41) is 9.00. The zero-order valence-electron chi connectivity index (χ0n) is 10.2. The van der Waals surface area contributed by atoms with Gasteiger partial charge in [-0.15, -0.1) is 11.3 Å². The normalized spacial score (nSPS) is 12.8. The minimum Gasteiger partial charge on any atom is -0.366 e. The number of thiazole rings is 1. The fourth-order valence-corrected chi connectivity index (χ4v) is 3.48. The van der Waals surface area contributed by atoms with E-state index in [4.69, 9.17) is 0 Å². The molecule has 1 atom stereocenters. The summed E-state index contributed by atoms with van der Waals surface area (Å²) in [6, 6.07) is 8.41. The number of hydrogen-bond acceptors (Lipinski definition) is 5. The molecule has 3 rings (SSSR count). The van der Waals surface area contributed by atoms with Crippen LogP contribution in [-0.2, 0) is 0 Å². The van der Waals surface area contributed by atoms with Crippen LogP contribution in [0.2, 0.25) is 0 Å². The predicted octanol–water partition coefficient (Wildman–Crippen LogP) is 4.23. The minimum atomic E-state index is 0.215. The van der Waals surface area contributed by atoms with Crippen molar-refractivity contribution in [2.75, 3.05) is 5.32 Å². The van der Waals surface area contributed by atoms with Gasteiger partial charge in [0, 0.05) is 16.5 Å². The highest BCUT2D eigenvalue weighted by Gasteiger charge is 2.12. The molecule has 2 heterocycles. The number of benzene rings is 1. The van der Waals surface area contributed by atoms with Crippen molar-refractivity contribution in [3.05, 3.63) is 40.3 Å². The quantitative estimate of drug-likeness (QED) is 0.777. The van der Waals surface area contributed by atoms with Gasteiger partial charge in [-0.3, -0.25) is 0 Å². The Morgan fingerprint density at radius 3 is 2.89 bits per heavy atom. The molecule has 18 heavy (non-hydrogen) atoms. The largest absolute Gasteiger partial charge is 0.366 e. The second-order valence-electron chi connectivity index (χ2n) is 4.22. The highest BCUT2D eigenvalue weighted by atomic mass is 32.1. The molecule has 3 aromatic rings. The maximum atomic E-state index is 4.51. The van der Waals surface area contributed by atoms with E-state index in [0.29, 0.717) is 0 Å². The second-order valence-corrected chi connectivity index (χ2v) is 5.89. The highest BCUT2D eigenvalue weighted by Crippen LogP contribution is 2.31. The molecule has 0 aliphatic rings. The van der Waals surface area contributed by atoms with Crippen LogP contribution in [-0.4, -0.2) is 9.36 Å². The number of nitrogens with zero attached hydrogens (tertiary/aromatic N) is 2. The molecule has 3 nitrogen and oxygen atoms in total. The molecule has 0 aliphatic carbocycles. The van der Waals surface area contributed by atoms with Crippen molar-refractivity contribution in [2.24, 2.45) is 0 Å². The van der Waals surface area contributed by atoms with E-state index in [1.165, 1.54) is 16.9 Å². The Bertz CT molecular complexity index is 671. The van der Waals surface area contributed by atoms with Crippen LogP contribution in [0.1, 0.15) is 23.7 Å². The van der Waals surface area contributed by atoms with Gasteiger partial charge in [-0.2, -0.15) is 4.37 Å². The SMILES string of the molecule is Cc1csc(C(C)Nc2snc3ccccc23)n1. The van der Waals surface area contributed by atoms with E-state index in [-0.39, 0.29) is 6.04 Å². The Morgan fingerprint density at radius 2 is 2.11 bits per heavy atom. The van der Waals surface area contributed by atoms with Crippen molar-refractivity contribution in [1.82, 2.24) is 9.36 Å². The van der Waals surface area contributed by atoms with Gasteiger partial charge in [0.1, 0.15) is 10.0 Å². The van der Waals surface area contributed by atoms with Gasteiger partial charge in [0.2, 0.25) is 0 Å². The molecule has 0 spiro atoms. The molecule has 0 radical (unpaired) electrons. The molecule has 0 fully saturated rings. The first kappa shape index (κ1) is 11.6. The molecule has 1 N–H and O–H groups in total. The number of rotatable bonds is 3. The van der Waals surface area contributed by atoms with Crippen LogP contribution >= 0.6 is 22.9 Å². The van der Waals surface area contributed by atoms with Gasteiger partial charge in [-0.05, 0) is 37.5 Å². The lowest BCUT2D eigenvalue weighted by molar-refractivity contribution is 0.869. The Balaban J connectivity index is 1.88. The van der Waals surface area contributed by atoms with Crippen molar-refractivity contribution < 1.29 is 0 Å². The average molecular weight is 275 g/mol. The summed E-state index contributed by atoms with van der Waals surface area (Å²) in [4.78, 5) is 4.51. The van der Waals surface area contributed by atoms with E-state index in [2.05, 4.69) is 33.0 Å². The number of aromatic nitrogens is 2. The van der Waals surface area contributed by atoms with Gasteiger partial charge in [0.15, 0.2) is 0 Å². The summed E-state index contributed by atoms with van der Waals surface area (Å²) in [7, 11) is 0. The Morgan fingerprint density at radius 1 is 1.28 bits per heavy atom. The van der Waals surface area contributed by atoms with Gasteiger partial charge in [-0.25, -0.2) is 4.98 Å². The van der Waals surface area contributed by atoms with Crippen molar-refractivity contribution in [3.63, 3.8) is 0 Å². The molecule has 0 aliphatic heterocycles. The fourth-order valence-electron chi connectivity index (χ4n) is 1.82. The van der Waals surface area contributed by atoms with Crippen LogP contribution in [0.3, 0.4) is 0 Å². The maximum absolute atomic E-state index is 4.51. The molecule has 0 bridgehead atoms. The molecule has 1 aromatic carbocycles. The van der Waals surface area contributed by atoms with Crippen molar-refractivity contribution >= 4 is 38.8 Å². The standard InChI is InChI=1S/C13H13N3S2/c1-8-7-17-12(14-8)9(2)15-13-10-5-3-4-6-11(10)16-18-13/h3-7,9,15H,1-2H3. The average Bonchev–Trinajstić information content (AvgIpc) is 2.97. The topological polar surface area (TPSA) is 37.8 Å². The van der Waals surface area contributed by atoms with Crippen LogP contribution in [0, 0.1) is 6.92 Å². The Kier molecular flexibility index (Phi) is 3.01. The van der Waals surface area contributed by atoms with E-state index in [1.807, 2.05) is 25.1 Å². The zero-order chi connectivity index (χ0) is 12.5. The Hall–Kier alpha value is -1.46. The van der Waals surface area contributed by atoms with E-state index >= 15 is 0 Å². The van der Waals surface area contributed by atoms with Gasteiger partial charge in [-0.1, -0.05) is 12.1 Å². The summed E-state index contributed by atoms with van der Waals surface area (Å²) in [5.41, 5.74) is 2.13. The third-order valence-electron chi connectivity index (χ3n) is 2.74. The third kappa shape index (κ3) is 2.11. The number of aryl methyl sites for hydroxylation is 1. The lowest BCUT2D eigenvalue weighted by atomic mass is 10.2. The van der Waals surface area contributed by atoms with Gasteiger partial charge in [0.05, 0.1) is 11.6 Å². The fraction of sp³-hybridized carbons (Fsp3) is 0.231. The van der Waals surface area contributed by atoms with E-state index < -0.39 is 0 Å². The molecule has 5 heteroatoms. The van der Waals surface area contributed by atoms with Crippen molar-refractivity contribution in [3.8, 4) is 0 Å². The first-order valence-electron chi connectivity index (χ1n) is 5.77. The molecular formula is C13H13N3S2. The highest BCUT2D eigenvalue weighted by molar-refractivity contribution is 7.12. The summed E-state index contributed by atoms with van der Waals surface area (Å²) < 4.78 is 4.43. The van der Waals surface area contributed by atoms with Crippen LogP contribution in [0.25, 0.3) is 10.9 Å². The summed E-state index contributed by atoms with van der Waals surface area (Å²) in [6.07, 6.45) is 0. The van der Waals surface area contributed by atoms with Gasteiger partial charge in [0.25, 0.3) is 0 Å². The van der Waals surface area contributed by atoms with E-state index in [1.54, 1.807) is 11.3 Å². The van der Waals surface area contributed by atoms with Crippen LogP contribution < -0.4 is 5.32 Å². The molecule has 0 saturated carbocycles. The second kappa shape index (κ2) is 4.66. The van der Waals surface area contributed by atoms with Gasteiger partial charge < -0.3 is 5.32 Å². The zero-order valence-corrected chi connectivity index (χ0v) is 11.8. The van der Waals surface area contributed by atoms with Crippen molar-refractivity contribution in [1.29, 1.82) is 0 Å². The molecule has 1 unspecified atom stereocenters. The van der Waals surface area contributed by atoms with Crippen molar-refractivity contribution in [2.45, 2.75) is 19.9 Å². The first-order valence-corrected chi connectivity index (χ1v) is 7.42. The molecule has 0 amide bonds. The number of nitrogens with one attached hydrogen (secondary N) is 1. The molecule has 0 saturated heterocycles. The van der Waals surface area contributed by atoms with Gasteiger partial charge >= 0.3 is 0 Å². The Labute approximate surface area is 114 Å². The van der Waals surface area contributed by atoms with Crippen LogP contribution in [0.5, 0.6) is 0 Å². The third-order valence-corrected chi connectivity index (χ3v) is 4.69. The van der Waals surface area contributed by atoms with Crippen LogP contribution in [0.15, 0.2) is 29.6 Å². The number of anilines is 1. The van der Waals surface area contributed by atoms with E-state index in [9.17, 15) is 0 Å². The maximum Gasteiger partial charge on any atom is 0.117 e. The first-order chi connectivity index (χ1) is 8.74. The monoisotopic (exact) mass is 275 g/mol. The number of fused-ring (bicyclic) bond motifs is 1. The molecule has 92 valence electrons. The summed E-state index contributed by atoms with van der Waals surface area (Å²) in [5.74, 6) is 0. The van der Waals surface area contributed by atoms with E-state index in [0.717, 1.165) is 21.2 Å².